The predicted molar refractivity (Wildman–Crippen MR) is 114 cm³/mol. The van der Waals surface area contributed by atoms with E-state index in [9.17, 15) is 9.18 Å². The number of nitrogens with zero attached hydrogens (tertiary/aromatic N) is 3. The van der Waals surface area contributed by atoms with Gasteiger partial charge in [-0.3, -0.25) is 14.7 Å². The van der Waals surface area contributed by atoms with Gasteiger partial charge in [-0.2, -0.15) is 0 Å². The Labute approximate surface area is 171 Å². The van der Waals surface area contributed by atoms with Crippen LogP contribution in [0.25, 0.3) is 0 Å². The fourth-order valence-electron chi connectivity index (χ4n) is 2.98. The number of aliphatic imine (C=N–C) groups is 1. The van der Waals surface area contributed by atoms with Crippen molar-refractivity contribution >= 4 is 23.6 Å². The molecule has 0 atom stereocenters. The van der Waals surface area contributed by atoms with E-state index in [0.717, 1.165) is 44.4 Å². The quantitative estimate of drug-likeness (QED) is 0.298. The number of hydrogen-bond acceptors (Lipinski definition) is 4. The topological polar surface area (TPSA) is 60.0 Å². The van der Waals surface area contributed by atoms with Gasteiger partial charge < -0.3 is 15.5 Å². The summed E-state index contributed by atoms with van der Waals surface area (Å²) >= 11 is 1.48. The zero-order valence-electron chi connectivity index (χ0n) is 17.1. The molecular weight excluding hydrogens is 377 g/mol. The second kappa shape index (κ2) is 11.9. The number of guanidine groups is 1. The third-order valence-electron chi connectivity index (χ3n) is 4.27. The average molecular weight is 410 g/mol. The molecule has 156 valence electrons. The SMILES string of the molecule is CCNC(=NCCSc1ccccc1F)N1CCN(CC(=O)NC(C)C)CC1. The molecule has 1 aliphatic rings. The van der Waals surface area contributed by atoms with E-state index in [4.69, 9.17) is 4.99 Å². The summed E-state index contributed by atoms with van der Waals surface area (Å²) in [5, 5.41) is 6.28. The van der Waals surface area contributed by atoms with Crippen LogP contribution in [-0.4, -0.2) is 79.3 Å². The largest absolute Gasteiger partial charge is 0.357 e. The Bertz CT molecular complexity index is 647. The molecule has 0 spiro atoms. The van der Waals surface area contributed by atoms with Gasteiger partial charge in [-0.1, -0.05) is 12.1 Å². The van der Waals surface area contributed by atoms with Crippen LogP contribution < -0.4 is 10.6 Å². The summed E-state index contributed by atoms with van der Waals surface area (Å²) in [6.07, 6.45) is 0. The molecule has 1 saturated heterocycles. The molecule has 0 unspecified atom stereocenters. The van der Waals surface area contributed by atoms with E-state index in [2.05, 4.69) is 27.4 Å². The van der Waals surface area contributed by atoms with Crippen molar-refractivity contribution in [2.45, 2.75) is 31.7 Å². The predicted octanol–water partition coefficient (Wildman–Crippen LogP) is 2.03. The number of carbonyl (C=O) groups is 1. The fraction of sp³-hybridized carbons (Fsp3) is 0.600. The minimum Gasteiger partial charge on any atom is -0.357 e. The number of amides is 1. The standard InChI is InChI=1S/C20H32FN5OS/c1-4-22-20(23-9-14-28-18-8-6-5-7-17(18)21)26-12-10-25(11-13-26)15-19(27)24-16(2)3/h5-8,16H,4,9-15H2,1-3H3,(H,22,23)(H,24,27). The molecular formula is C20H32FN5OS. The monoisotopic (exact) mass is 409 g/mol. The van der Waals surface area contributed by atoms with Crippen molar-refractivity contribution in [1.82, 2.24) is 20.4 Å². The highest BCUT2D eigenvalue weighted by Gasteiger charge is 2.21. The van der Waals surface area contributed by atoms with Crippen molar-refractivity contribution in [3.8, 4) is 0 Å². The number of halogens is 1. The van der Waals surface area contributed by atoms with Crippen LogP contribution in [0.4, 0.5) is 4.39 Å². The van der Waals surface area contributed by atoms with Crippen LogP contribution in [0.15, 0.2) is 34.2 Å². The summed E-state index contributed by atoms with van der Waals surface area (Å²) in [7, 11) is 0. The summed E-state index contributed by atoms with van der Waals surface area (Å²) < 4.78 is 13.7. The van der Waals surface area contributed by atoms with Crippen molar-refractivity contribution in [2.24, 2.45) is 4.99 Å². The van der Waals surface area contributed by atoms with Crippen LogP contribution in [-0.2, 0) is 4.79 Å². The molecule has 1 amide bonds. The first kappa shape index (κ1) is 22.5. The average Bonchev–Trinajstić information content (AvgIpc) is 2.65. The first-order valence-corrected chi connectivity index (χ1v) is 10.9. The van der Waals surface area contributed by atoms with Gasteiger partial charge in [0.25, 0.3) is 0 Å². The number of nitrogens with one attached hydrogen (secondary N) is 2. The number of piperazine rings is 1. The zero-order valence-corrected chi connectivity index (χ0v) is 17.9. The van der Waals surface area contributed by atoms with Gasteiger partial charge in [0, 0.05) is 49.4 Å². The molecule has 1 aromatic rings. The van der Waals surface area contributed by atoms with Crippen LogP contribution in [0, 0.1) is 5.82 Å². The third-order valence-corrected chi connectivity index (χ3v) is 5.30. The molecule has 0 radical (unpaired) electrons. The number of thioether (sulfide) groups is 1. The van der Waals surface area contributed by atoms with Gasteiger partial charge in [0.2, 0.25) is 5.91 Å². The Hall–Kier alpha value is -1.80. The lowest BCUT2D eigenvalue weighted by atomic mass is 10.3. The van der Waals surface area contributed by atoms with Gasteiger partial charge in [-0.15, -0.1) is 11.8 Å². The molecule has 1 heterocycles. The first-order valence-electron chi connectivity index (χ1n) is 9.92. The number of carbonyl (C=O) groups excluding carboxylic acids is 1. The normalized spacial score (nSPS) is 15.8. The molecule has 6 nitrogen and oxygen atoms in total. The van der Waals surface area contributed by atoms with E-state index < -0.39 is 0 Å². The summed E-state index contributed by atoms with van der Waals surface area (Å²) in [6.45, 7) is 11.2. The minimum atomic E-state index is -0.180. The lowest BCUT2D eigenvalue weighted by molar-refractivity contribution is -0.123. The van der Waals surface area contributed by atoms with Gasteiger partial charge in [-0.25, -0.2) is 4.39 Å². The van der Waals surface area contributed by atoms with E-state index in [1.807, 2.05) is 19.9 Å². The van der Waals surface area contributed by atoms with E-state index in [-0.39, 0.29) is 17.8 Å². The molecule has 0 saturated carbocycles. The Morgan fingerprint density at radius 1 is 1.25 bits per heavy atom. The summed E-state index contributed by atoms with van der Waals surface area (Å²) in [4.78, 5) is 21.7. The van der Waals surface area contributed by atoms with Gasteiger partial charge in [0.1, 0.15) is 5.82 Å². The molecule has 8 heteroatoms. The van der Waals surface area contributed by atoms with Crippen molar-refractivity contribution in [1.29, 1.82) is 0 Å². The second-order valence-corrected chi connectivity index (χ2v) is 8.14. The van der Waals surface area contributed by atoms with E-state index in [0.29, 0.717) is 18.0 Å². The maximum Gasteiger partial charge on any atom is 0.234 e. The maximum absolute atomic E-state index is 13.7. The van der Waals surface area contributed by atoms with Gasteiger partial charge in [0.05, 0.1) is 13.1 Å². The molecule has 2 N–H and O–H groups in total. The highest BCUT2D eigenvalue weighted by molar-refractivity contribution is 7.99. The second-order valence-electron chi connectivity index (χ2n) is 7.00. The Morgan fingerprint density at radius 3 is 2.61 bits per heavy atom. The van der Waals surface area contributed by atoms with Crippen molar-refractivity contribution in [2.75, 3.05) is 51.6 Å². The smallest absolute Gasteiger partial charge is 0.234 e. The van der Waals surface area contributed by atoms with Crippen LogP contribution in [0.5, 0.6) is 0 Å². The highest BCUT2D eigenvalue weighted by Crippen LogP contribution is 2.20. The molecule has 0 aromatic heterocycles. The number of benzene rings is 1. The van der Waals surface area contributed by atoms with Gasteiger partial charge in [-0.05, 0) is 32.9 Å². The number of hydrogen-bond donors (Lipinski definition) is 2. The lowest BCUT2D eigenvalue weighted by Gasteiger charge is -2.36. The zero-order chi connectivity index (χ0) is 20.4. The summed E-state index contributed by atoms with van der Waals surface area (Å²) in [5.74, 6) is 1.52. The molecule has 0 bridgehead atoms. The summed E-state index contributed by atoms with van der Waals surface area (Å²) in [5.41, 5.74) is 0. The van der Waals surface area contributed by atoms with Gasteiger partial charge >= 0.3 is 0 Å². The number of rotatable bonds is 8. The van der Waals surface area contributed by atoms with Crippen LogP contribution >= 0.6 is 11.8 Å². The highest BCUT2D eigenvalue weighted by atomic mass is 32.2. The maximum atomic E-state index is 13.7. The molecule has 1 fully saturated rings. The fourth-order valence-corrected chi connectivity index (χ4v) is 3.77. The van der Waals surface area contributed by atoms with Crippen LogP contribution in [0.2, 0.25) is 0 Å². The molecule has 1 aromatic carbocycles. The Kier molecular flexibility index (Phi) is 9.57. The summed E-state index contributed by atoms with van der Waals surface area (Å²) in [6, 6.07) is 7.00. The van der Waals surface area contributed by atoms with Crippen LogP contribution in [0.3, 0.4) is 0 Å². The van der Waals surface area contributed by atoms with Gasteiger partial charge in [0.15, 0.2) is 5.96 Å². The molecule has 1 aliphatic heterocycles. The molecule has 2 rings (SSSR count). The van der Waals surface area contributed by atoms with E-state index >= 15 is 0 Å². The minimum absolute atomic E-state index is 0.0780. The third kappa shape index (κ3) is 7.67. The van der Waals surface area contributed by atoms with Crippen molar-refractivity contribution in [3.63, 3.8) is 0 Å². The van der Waals surface area contributed by atoms with Crippen molar-refractivity contribution < 1.29 is 9.18 Å². The van der Waals surface area contributed by atoms with E-state index in [1.54, 1.807) is 12.1 Å². The van der Waals surface area contributed by atoms with E-state index in [1.165, 1.54) is 17.8 Å². The molecule has 28 heavy (non-hydrogen) atoms. The Balaban J connectivity index is 1.79. The van der Waals surface area contributed by atoms with Crippen molar-refractivity contribution in [3.05, 3.63) is 30.1 Å². The lowest BCUT2D eigenvalue weighted by Crippen LogP contribution is -2.54. The Morgan fingerprint density at radius 2 is 1.96 bits per heavy atom. The first-order chi connectivity index (χ1) is 13.5. The molecule has 0 aliphatic carbocycles. The van der Waals surface area contributed by atoms with Crippen LogP contribution in [0.1, 0.15) is 20.8 Å².